The molecule has 0 fully saturated rings. The van der Waals surface area contributed by atoms with E-state index >= 15 is 0 Å². The molecule has 0 heterocycles. The largest absolute Gasteiger partial charge is 0.452 e. The summed E-state index contributed by atoms with van der Waals surface area (Å²) in [5, 5.41) is 2.72. The number of carbonyl (C=O) groups is 3. The molecule has 25 heavy (non-hydrogen) atoms. The number of anilines is 1. The molecule has 6 heteroatoms. The highest BCUT2D eigenvalue weighted by Crippen LogP contribution is 2.17. The van der Waals surface area contributed by atoms with E-state index in [2.05, 4.69) is 5.32 Å². The van der Waals surface area contributed by atoms with Crippen molar-refractivity contribution in [2.24, 2.45) is 0 Å². The van der Waals surface area contributed by atoms with Gasteiger partial charge in [0.25, 0.3) is 5.91 Å². The van der Waals surface area contributed by atoms with Crippen molar-refractivity contribution < 1.29 is 19.1 Å². The second-order valence-electron chi connectivity index (χ2n) is 5.62. The summed E-state index contributed by atoms with van der Waals surface area (Å²) in [7, 11) is 3.15. The molecule has 1 N–H and O–H groups in total. The van der Waals surface area contributed by atoms with E-state index in [1.807, 2.05) is 30.3 Å². The van der Waals surface area contributed by atoms with E-state index < -0.39 is 5.97 Å². The SMILES string of the molecule is CN(C)C(=O)COC(=O)c1ccccc1NC(=O)Cc1ccccc1. The Hall–Kier alpha value is -3.15. The quantitative estimate of drug-likeness (QED) is 0.817. The predicted octanol–water partition coefficient (Wildman–Crippen LogP) is 2.11. The number of rotatable bonds is 6. The van der Waals surface area contributed by atoms with Gasteiger partial charge in [0.2, 0.25) is 5.91 Å². The molecule has 0 atom stereocenters. The predicted molar refractivity (Wildman–Crippen MR) is 94.2 cm³/mol. The van der Waals surface area contributed by atoms with Crippen LogP contribution in [0.1, 0.15) is 15.9 Å². The van der Waals surface area contributed by atoms with Crippen molar-refractivity contribution in [1.82, 2.24) is 4.90 Å². The second-order valence-corrected chi connectivity index (χ2v) is 5.62. The minimum Gasteiger partial charge on any atom is -0.452 e. The Morgan fingerprint density at radius 2 is 1.60 bits per heavy atom. The normalized spacial score (nSPS) is 10.0. The first-order valence-corrected chi connectivity index (χ1v) is 7.77. The third-order valence-electron chi connectivity index (χ3n) is 3.45. The molecule has 0 bridgehead atoms. The van der Waals surface area contributed by atoms with Gasteiger partial charge in [-0.25, -0.2) is 4.79 Å². The van der Waals surface area contributed by atoms with Crippen molar-refractivity contribution in [3.05, 3.63) is 65.7 Å². The molecular weight excluding hydrogens is 320 g/mol. The maximum absolute atomic E-state index is 12.2. The summed E-state index contributed by atoms with van der Waals surface area (Å²) in [5.74, 6) is -1.22. The van der Waals surface area contributed by atoms with Gasteiger partial charge in [0, 0.05) is 14.1 Å². The van der Waals surface area contributed by atoms with E-state index in [1.54, 1.807) is 38.4 Å². The molecule has 2 rings (SSSR count). The van der Waals surface area contributed by atoms with Crippen LogP contribution >= 0.6 is 0 Å². The van der Waals surface area contributed by atoms with Crippen LogP contribution in [0.15, 0.2) is 54.6 Å². The number of carbonyl (C=O) groups excluding carboxylic acids is 3. The van der Waals surface area contributed by atoms with E-state index in [0.29, 0.717) is 5.69 Å². The number of benzene rings is 2. The van der Waals surface area contributed by atoms with Crippen LogP contribution in [0.2, 0.25) is 0 Å². The summed E-state index contributed by atoms with van der Waals surface area (Å²) in [4.78, 5) is 37.2. The van der Waals surface area contributed by atoms with Gasteiger partial charge >= 0.3 is 5.97 Å². The van der Waals surface area contributed by atoms with Gasteiger partial charge in [-0.1, -0.05) is 42.5 Å². The highest BCUT2D eigenvalue weighted by molar-refractivity contribution is 6.02. The average Bonchev–Trinajstić information content (AvgIpc) is 2.60. The Kier molecular flexibility index (Phi) is 6.28. The Balaban J connectivity index is 2.03. The summed E-state index contributed by atoms with van der Waals surface area (Å²) in [5.41, 5.74) is 1.43. The summed E-state index contributed by atoms with van der Waals surface area (Å²) < 4.78 is 5.01. The fourth-order valence-corrected chi connectivity index (χ4v) is 2.08. The molecule has 0 aliphatic rings. The maximum atomic E-state index is 12.2. The number of hydrogen-bond acceptors (Lipinski definition) is 4. The number of esters is 1. The minimum absolute atomic E-state index is 0.198. The molecule has 0 aromatic heterocycles. The third-order valence-corrected chi connectivity index (χ3v) is 3.45. The Morgan fingerprint density at radius 1 is 0.960 bits per heavy atom. The van der Waals surface area contributed by atoms with Gasteiger partial charge in [0.05, 0.1) is 17.7 Å². The van der Waals surface area contributed by atoms with Gasteiger partial charge < -0.3 is 15.0 Å². The molecule has 0 saturated heterocycles. The third kappa shape index (κ3) is 5.46. The molecule has 0 spiro atoms. The van der Waals surface area contributed by atoms with Crippen LogP contribution in [0, 0.1) is 0 Å². The van der Waals surface area contributed by atoms with E-state index in [0.717, 1.165) is 5.56 Å². The van der Waals surface area contributed by atoms with E-state index in [-0.39, 0.29) is 30.4 Å². The summed E-state index contributed by atoms with van der Waals surface area (Å²) in [6, 6.07) is 15.8. The van der Waals surface area contributed by atoms with Crippen LogP contribution < -0.4 is 5.32 Å². The lowest BCUT2D eigenvalue weighted by molar-refractivity contribution is -0.132. The maximum Gasteiger partial charge on any atom is 0.340 e. The standard InChI is InChI=1S/C19H20N2O4/c1-21(2)18(23)13-25-19(24)15-10-6-7-11-16(15)20-17(22)12-14-8-4-3-5-9-14/h3-11H,12-13H2,1-2H3,(H,20,22). The summed E-state index contributed by atoms with van der Waals surface area (Å²) >= 11 is 0. The molecule has 2 amide bonds. The zero-order chi connectivity index (χ0) is 18.2. The Morgan fingerprint density at radius 3 is 2.28 bits per heavy atom. The minimum atomic E-state index is -0.661. The van der Waals surface area contributed by atoms with Crippen molar-refractivity contribution in [3.63, 3.8) is 0 Å². The van der Waals surface area contributed by atoms with Crippen LogP contribution in [0.5, 0.6) is 0 Å². The molecule has 2 aromatic carbocycles. The zero-order valence-electron chi connectivity index (χ0n) is 14.2. The fraction of sp³-hybridized carbons (Fsp3) is 0.211. The number of nitrogens with one attached hydrogen (secondary N) is 1. The smallest absolute Gasteiger partial charge is 0.340 e. The molecule has 0 radical (unpaired) electrons. The first-order chi connectivity index (χ1) is 12.0. The van der Waals surface area contributed by atoms with E-state index in [1.165, 1.54) is 4.90 Å². The molecule has 130 valence electrons. The van der Waals surface area contributed by atoms with Crippen molar-refractivity contribution >= 4 is 23.5 Å². The molecule has 6 nitrogen and oxygen atoms in total. The van der Waals surface area contributed by atoms with Crippen LogP contribution in [-0.2, 0) is 20.7 Å². The fourth-order valence-electron chi connectivity index (χ4n) is 2.08. The van der Waals surface area contributed by atoms with Gasteiger partial charge in [-0.05, 0) is 17.7 Å². The van der Waals surface area contributed by atoms with Crippen LogP contribution in [0.4, 0.5) is 5.69 Å². The average molecular weight is 340 g/mol. The van der Waals surface area contributed by atoms with Gasteiger partial charge in [-0.2, -0.15) is 0 Å². The number of ether oxygens (including phenoxy) is 1. The van der Waals surface area contributed by atoms with Crippen LogP contribution in [0.25, 0.3) is 0 Å². The number of nitrogens with zero attached hydrogens (tertiary/aromatic N) is 1. The van der Waals surface area contributed by atoms with Gasteiger partial charge in [0.1, 0.15) is 0 Å². The second kappa shape index (κ2) is 8.63. The Bertz CT molecular complexity index is 757. The molecule has 2 aromatic rings. The molecule has 0 aliphatic carbocycles. The summed E-state index contributed by atoms with van der Waals surface area (Å²) in [6.07, 6.45) is 0.198. The van der Waals surface area contributed by atoms with E-state index in [4.69, 9.17) is 4.74 Å². The molecule has 0 aliphatic heterocycles. The van der Waals surface area contributed by atoms with Gasteiger partial charge in [-0.15, -0.1) is 0 Å². The molecule has 0 unspecified atom stereocenters. The van der Waals surface area contributed by atoms with Crippen molar-refractivity contribution in [3.8, 4) is 0 Å². The van der Waals surface area contributed by atoms with Crippen molar-refractivity contribution in [2.45, 2.75) is 6.42 Å². The lowest BCUT2D eigenvalue weighted by Crippen LogP contribution is -2.27. The number of para-hydroxylation sites is 1. The number of amides is 2. The van der Waals surface area contributed by atoms with E-state index in [9.17, 15) is 14.4 Å². The monoisotopic (exact) mass is 340 g/mol. The Labute approximate surface area is 146 Å². The molecule has 0 saturated carbocycles. The van der Waals surface area contributed by atoms with Crippen molar-refractivity contribution in [1.29, 1.82) is 0 Å². The van der Waals surface area contributed by atoms with Crippen molar-refractivity contribution in [2.75, 3.05) is 26.0 Å². The number of likely N-dealkylation sites (N-methyl/N-ethyl adjacent to an activating group) is 1. The topological polar surface area (TPSA) is 75.7 Å². The first kappa shape index (κ1) is 18.2. The van der Waals surface area contributed by atoms with Crippen LogP contribution in [-0.4, -0.2) is 43.4 Å². The van der Waals surface area contributed by atoms with Gasteiger partial charge in [-0.3, -0.25) is 9.59 Å². The highest BCUT2D eigenvalue weighted by Gasteiger charge is 2.16. The zero-order valence-corrected chi connectivity index (χ0v) is 14.2. The lowest BCUT2D eigenvalue weighted by atomic mass is 10.1. The lowest BCUT2D eigenvalue weighted by Gasteiger charge is -2.13. The number of hydrogen-bond donors (Lipinski definition) is 1. The first-order valence-electron chi connectivity index (χ1n) is 7.77. The van der Waals surface area contributed by atoms with Gasteiger partial charge in [0.15, 0.2) is 6.61 Å². The highest BCUT2D eigenvalue weighted by atomic mass is 16.5. The molecular formula is C19H20N2O4. The summed E-state index contributed by atoms with van der Waals surface area (Å²) in [6.45, 7) is -0.349. The van der Waals surface area contributed by atoms with Crippen LogP contribution in [0.3, 0.4) is 0 Å².